The maximum atomic E-state index is 9.23. The van der Waals surface area contributed by atoms with E-state index in [9.17, 15) is 5.11 Å². The molecule has 1 atom stereocenters. The minimum Gasteiger partial charge on any atom is -0.508 e. The average Bonchev–Trinajstić information content (AvgIpc) is 2.29. The van der Waals surface area contributed by atoms with Gasteiger partial charge in [0.1, 0.15) is 5.75 Å². The third kappa shape index (κ3) is 3.20. The quantitative estimate of drug-likeness (QED) is 0.906. The number of aromatic nitrogens is 1. The molecule has 0 saturated heterocycles. The monoisotopic (exact) mass is 292 g/mol. The summed E-state index contributed by atoms with van der Waals surface area (Å²) in [6.45, 7) is 2.06. The summed E-state index contributed by atoms with van der Waals surface area (Å²) >= 11 is 3.38. The molecule has 2 N–H and O–H groups in total. The molecule has 1 unspecified atom stereocenters. The maximum Gasteiger partial charge on any atom is 0.115 e. The number of nitrogens with zero attached hydrogens (tertiary/aromatic N) is 1. The van der Waals surface area contributed by atoms with Crippen molar-refractivity contribution in [2.45, 2.75) is 13.0 Å². The van der Waals surface area contributed by atoms with Gasteiger partial charge in [-0.1, -0.05) is 12.1 Å². The molecule has 2 aromatic rings. The normalized spacial score (nSPS) is 12.1. The highest BCUT2D eigenvalue weighted by Gasteiger charge is 2.05. The fraction of sp³-hybridized carbons (Fsp3) is 0.154. The SMILES string of the molecule is CC(Nc1cncc(Br)c1)c1ccc(O)cc1. The van der Waals surface area contributed by atoms with Gasteiger partial charge >= 0.3 is 0 Å². The topological polar surface area (TPSA) is 45.2 Å². The molecule has 0 aliphatic rings. The first kappa shape index (κ1) is 11.9. The summed E-state index contributed by atoms with van der Waals surface area (Å²) in [6.07, 6.45) is 3.53. The molecule has 0 bridgehead atoms. The van der Waals surface area contributed by atoms with Crippen molar-refractivity contribution in [2.75, 3.05) is 5.32 Å². The van der Waals surface area contributed by atoms with Gasteiger partial charge in [-0.3, -0.25) is 4.98 Å². The highest BCUT2D eigenvalue weighted by Crippen LogP contribution is 2.22. The number of phenols is 1. The second kappa shape index (κ2) is 5.19. The third-order valence-electron chi connectivity index (χ3n) is 2.48. The van der Waals surface area contributed by atoms with Crippen LogP contribution in [-0.4, -0.2) is 10.1 Å². The summed E-state index contributed by atoms with van der Waals surface area (Å²) in [5.74, 6) is 0.282. The van der Waals surface area contributed by atoms with Gasteiger partial charge in [0.05, 0.1) is 11.9 Å². The van der Waals surface area contributed by atoms with Crippen LogP contribution in [0.3, 0.4) is 0 Å². The van der Waals surface area contributed by atoms with Crippen LogP contribution in [0.4, 0.5) is 5.69 Å². The van der Waals surface area contributed by atoms with Crippen molar-refractivity contribution < 1.29 is 5.11 Å². The molecular weight excluding hydrogens is 280 g/mol. The summed E-state index contributed by atoms with van der Waals surface area (Å²) in [4.78, 5) is 4.10. The molecule has 1 aromatic heterocycles. The van der Waals surface area contributed by atoms with Crippen LogP contribution < -0.4 is 5.32 Å². The van der Waals surface area contributed by atoms with Crippen LogP contribution >= 0.6 is 15.9 Å². The Morgan fingerprint density at radius 1 is 1.24 bits per heavy atom. The van der Waals surface area contributed by atoms with E-state index in [1.165, 1.54) is 0 Å². The van der Waals surface area contributed by atoms with E-state index in [0.717, 1.165) is 15.7 Å². The van der Waals surface area contributed by atoms with Gasteiger partial charge in [0.15, 0.2) is 0 Å². The van der Waals surface area contributed by atoms with Crippen LogP contribution in [0.2, 0.25) is 0 Å². The van der Waals surface area contributed by atoms with Gasteiger partial charge in [-0.05, 0) is 46.6 Å². The summed E-state index contributed by atoms with van der Waals surface area (Å²) in [5.41, 5.74) is 2.07. The zero-order valence-corrected chi connectivity index (χ0v) is 11.0. The molecule has 2 rings (SSSR count). The van der Waals surface area contributed by atoms with Crippen LogP contribution in [-0.2, 0) is 0 Å². The van der Waals surface area contributed by atoms with Crippen LogP contribution in [0, 0.1) is 0 Å². The summed E-state index contributed by atoms with van der Waals surface area (Å²) in [7, 11) is 0. The molecular formula is C13H13BrN2O. The fourth-order valence-electron chi connectivity index (χ4n) is 1.59. The van der Waals surface area contributed by atoms with Crippen molar-refractivity contribution in [1.29, 1.82) is 0 Å². The number of halogens is 1. The molecule has 1 heterocycles. The molecule has 17 heavy (non-hydrogen) atoms. The third-order valence-corrected chi connectivity index (χ3v) is 2.91. The zero-order valence-electron chi connectivity index (χ0n) is 9.39. The molecule has 88 valence electrons. The molecule has 0 aliphatic heterocycles. The first-order valence-electron chi connectivity index (χ1n) is 5.31. The van der Waals surface area contributed by atoms with E-state index >= 15 is 0 Å². The van der Waals surface area contributed by atoms with Gasteiger partial charge in [0, 0.05) is 16.7 Å². The lowest BCUT2D eigenvalue weighted by Crippen LogP contribution is -2.06. The average molecular weight is 293 g/mol. The van der Waals surface area contributed by atoms with Crippen molar-refractivity contribution in [3.8, 4) is 5.75 Å². The van der Waals surface area contributed by atoms with Gasteiger partial charge in [0.25, 0.3) is 0 Å². The molecule has 0 radical (unpaired) electrons. The number of hydrogen-bond donors (Lipinski definition) is 2. The Bertz CT molecular complexity index is 499. The number of phenolic OH excluding ortho intramolecular Hbond substituents is 1. The standard InChI is InChI=1S/C13H13BrN2O/c1-9(10-2-4-13(17)5-3-10)16-12-6-11(14)7-15-8-12/h2-9,16-17H,1H3. The number of aromatic hydroxyl groups is 1. The molecule has 0 fully saturated rings. The van der Waals surface area contributed by atoms with Gasteiger partial charge in [-0.25, -0.2) is 0 Å². The smallest absolute Gasteiger partial charge is 0.115 e. The summed E-state index contributed by atoms with van der Waals surface area (Å²) in [6, 6.07) is 9.31. The number of rotatable bonds is 3. The largest absolute Gasteiger partial charge is 0.508 e. The highest BCUT2D eigenvalue weighted by atomic mass is 79.9. The molecule has 0 saturated carbocycles. The first-order valence-corrected chi connectivity index (χ1v) is 6.10. The van der Waals surface area contributed by atoms with Crippen molar-refractivity contribution >= 4 is 21.6 Å². The van der Waals surface area contributed by atoms with E-state index in [4.69, 9.17) is 0 Å². The Labute approximate surface area is 109 Å². The summed E-state index contributed by atoms with van der Waals surface area (Å²) < 4.78 is 0.945. The van der Waals surface area contributed by atoms with Gasteiger partial charge in [0.2, 0.25) is 0 Å². The van der Waals surface area contributed by atoms with Crippen molar-refractivity contribution in [3.63, 3.8) is 0 Å². The molecule has 1 aromatic carbocycles. The molecule has 3 nitrogen and oxygen atoms in total. The van der Waals surface area contributed by atoms with Crippen molar-refractivity contribution in [3.05, 3.63) is 52.8 Å². The Morgan fingerprint density at radius 2 is 1.94 bits per heavy atom. The van der Waals surface area contributed by atoms with E-state index in [-0.39, 0.29) is 11.8 Å². The zero-order chi connectivity index (χ0) is 12.3. The van der Waals surface area contributed by atoms with Crippen LogP contribution in [0.15, 0.2) is 47.2 Å². The Balaban J connectivity index is 2.11. The minimum absolute atomic E-state index is 0.159. The van der Waals surface area contributed by atoms with E-state index in [1.807, 2.05) is 18.2 Å². The number of nitrogens with one attached hydrogen (secondary N) is 1. The molecule has 4 heteroatoms. The lowest BCUT2D eigenvalue weighted by molar-refractivity contribution is 0.475. The summed E-state index contributed by atoms with van der Waals surface area (Å²) in [5, 5.41) is 12.6. The Kier molecular flexibility index (Phi) is 3.64. The van der Waals surface area contributed by atoms with Crippen LogP contribution in [0.25, 0.3) is 0 Å². The van der Waals surface area contributed by atoms with Gasteiger partial charge < -0.3 is 10.4 Å². The van der Waals surface area contributed by atoms with E-state index in [1.54, 1.807) is 24.5 Å². The van der Waals surface area contributed by atoms with Crippen LogP contribution in [0.5, 0.6) is 5.75 Å². The predicted molar refractivity (Wildman–Crippen MR) is 72.1 cm³/mol. The number of hydrogen-bond acceptors (Lipinski definition) is 3. The number of pyridine rings is 1. The van der Waals surface area contributed by atoms with Gasteiger partial charge in [-0.15, -0.1) is 0 Å². The second-order valence-electron chi connectivity index (χ2n) is 3.85. The molecule has 0 spiro atoms. The lowest BCUT2D eigenvalue weighted by Gasteiger charge is -2.15. The highest BCUT2D eigenvalue weighted by molar-refractivity contribution is 9.10. The number of anilines is 1. The van der Waals surface area contributed by atoms with Crippen molar-refractivity contribution in [2.24, 2.45) is 0 Å². The lowest BCUT2D eigenvalue weighted by atomic mass is 10.1. The van der Waals surface area contributed by atoms with Crippen LogP contribution in [0.1, 0.15) is 18.5 Å². The second-order valence-corrected chi connectivity index (χ2v) is 4.77. The van der Waals surface area contributed by atoms with Crippen molar-refractivity contribution in [1.82, 2.24) is 4.98 Å². The number of benzene rings is 1. The predicted octanol–water partition coefficient (Wildman–Crippen LogP) is 3.72. The fourth-order valence-corrected chi connectivity index (χ4v) is 1.95. The molecule has 0 aliphatic carbocycles. The minimum atomic E-state index is 0.159. The molecule has 0 amide bonds. The van der Waals surface area contributed by atoms with Gasteiger partial charge in [-0.2, -0.15) is 0 Å². The Morgan fingerprint density at radius 3 is 2.59 bits per heavy atom. The Hall–Kier alpha value is -1.55. The van der Waals surface area contributed by atoms with E-state index < -0.39 is 0 Å². The first-order chi connectivity index (χ1) is 8.15. The van der Waals surface area contributed by atoms with E-state index in [2.05, 4.69) is 33.2 Å². The van der Waals surface area contributed by atoms with E-state index in [0.29, 0.717) is 0 Å². The maximum absolute atomic E-state index is 9.23.